The van der Waals surface area contributed by atoms with Crippen LogP contribution in [0.1, 0.15) is 18.9 Å². The van der Waals surface area contributed by atoms with Crippen LogP contribution in [0.5, 0.6) is 0 Å². The number of hydrogen-bond acceptors (Lipinski definition) is 2. The maximum atomic E-state index is 11.9. The van der Waals surface area contributed by atoms with Crippen molar-refractivity contribution < 1.29 is 9.59 Å². The van der Waals surface area contributed by atoms with Gasteiger partial charge in [-0.2, -0.15) is 0 Å². The van der Waals surface area contributed by atoms with Gasteiger partial charge in [0, 0.05) is 13.0 Å². The molecule has 3 nitrogen and oxygen atoms in total. The van der Waals surface area contributed by atoms with E-state index in [4.69, 9.17) is 0 Å². The first-order valence-corrected chi connectivity index (χ1v) is 5.60. The summed E-state index contributed by atoms with van der Waals surface area (Å²) in [7, 11) is 0. The second-order valence-corrected chi connectivity index (χ2v) is 4.07. The number of benzene rings is 1. The molecule has 0 saturated carbocycles. The lowest BCUT2D eigenvalue weighted by molar-refractivity contribution is -0.139. The Morgan fingerprint density at radius 2 is 1.94 bits per heavy atom. The summed E-state index contributed by atoms with van der Waals surface area (Å²) in [6, 6.07) is 9.84. The van der Waals surface area contributed by atoms with E-state index in [2.05, 4.69) is 0 Å². The Hall–Kier alpha value is -1.64. The molecule has 3 heteroatoms. The number of carbonyl (C=O) groups is 2. The highest BCUT2D eigenvalue weighted by Gasteiger charge is 2.37. The average molecular weight is 217 g/mol. The number of likely N-dealkylation sites (tertiary alicyclic amines) is 1. The summed E-state index contributed by atoms with van der Waals surface area (Å²) in [6.07, 6.45) is 1.03. The third kappa shape index (κ3) is 1.98. The summed E-state index contributed by atoms with van der Waals surface area (Å²) in [4.78, 5) is 24.7. The second kappa shape index (κ2) is 4.47. The summed E-state index contributed by atoms with van der Waals surface area (Å²) < 4.78 is 0. The molecule has 1 fully saturated rings. The zero-order chi connectivity index (χ0) is 11.5. The van der Waals surface area contributed by atoms with Crippen LogP contribution in [0.25, 0.3) is 0 Å². The molecule has 1 unspecified atom stereocenters. The first-order chi connectivity index (χ1) is 7.72. The van der Waals surface area contributed by atoms with Gasteiger partial charge in [0.25, 0.3) is 0 Å². The zero-order valence-corrected chi connectivity index (χ0v) is 9.35. The maximum Gasteiger partial charge on any atom is 0.233 e. The van der Waals surface area contributed by atoms with E-state index in [1.165, 1.54) is 4.90 Å². The largest absolute Gasteiger partial charge is 0.283 e. The smallest absolute Gasteiger partial charge is 0.233 e. The number of imide groups is 1. The van der Waals surface area contributed by atoms with E-state index >= 15 is 0 Å². The molecule has 0 bridgehead atoms. The summed E-state index contributed by atoms with van der Waals surface area (Å²) in [5, 5.41) is 0. The molecule has 0 N–H and O–H groups in total. The predicted molar refractivity (Wildman–Crippen MR) is 60.6 cm³/mol. The van der Waals surface area contributed by atoms with Gasteiger partial charge in [-0.15, -0.1) is 0 Å². The number of hydrogen-bond donors (Lipinski definition) is 0. The molecule has 16 heavy (non-hydrogen) atoms. The van der Waals surface area contributed by atoms with E-state index < -0.39 is 0 Å². The van der Waals surface area contributed by atoms with Crippen molar-refractivity contribution in [2.45, 2.75) is 19.8 Å². The lowest BCUT2D eigenvalue weighted by Gasteiger charge is -2.11. The zero-order valence-electron chi connectivity index (χ0n) is 9.35. The molecule has 1 atom stereocenters. The van der Waals surface area contributed by atoms with Gasteiger partial charge in [-0.1, -0.05) is 30.3 Å². The second-order valence-electron chi connectivity index (χ2n) is 4.07. The average Bonchev–Trinajstić information content (AvgIpc) is 2.55. The van der Waals surface area contributed by atoms with Crippen LogP contribution >= 0.6 is 0 Å². The molecule has 1 aliphatic rings. The quantitative estimate of drug-likeness (QED) is 0.721. The van der Waals surface area contributed by atoms with E-state index in [0.29, 0.717) is 19.4 Å². The fourth-order valence-corrected chi connectivity index (χ4v) is 2.14. The molecule has 0 aromatic heterocycles. The van der Waals surface area contributed by atoms with Gasteiger partial charge >= 0.3 is 0 Å². The van der Waals surface area contributed by atoms with Crippen LogP contribution in [-0.2, 0) is 16.0 Å². The van der Waals surface area contributed by atoms with Crippen LogP contribution in [0, 0.1) is 5.92 Å². The Balaban J connectivity index is 2.08. The third-order valence-electron chi connectivity index (χ3n) is 2.98. The van der Waals surface area contributed by atoms with Gasteiger partial charge in [0.2, 0.25) is 11.8 Å². The first-order valence-electron chi connectivity index (χ1n) is 5.60. The minimum absolute atomic E-state index is 0.0173. The van der Waals surface area contributed by atoms with Gasteiger partial charge in [-0.25, -0.2) is 0 Å². The summed E-state index contributed by atoms with van der Waals surface area (Å²) in [5.41, 5.74) is 1.12. The lowest BCUT2D eigenvalue weighted by Crippen LogP contribution is -2.30. The topological polar surface area (TPSA) is 37.4 Å². The Morgan fingerprint density at radius 1 is 1.25 bits per heavy atom. The highest BCUT2D eigenvalue weighted by molar-refractivity contribution is 6.03. The van der Waals surface area contributed by atoms with Gasteiger partial charge in [-0.05, 0) is 18.9 Å². The molecular weight excluding hydrogens is 202 g/mol. The molecule has 1 aliphatic heterocycles. The SMILES string of the molecule is CCN1C(=O)CC(Cc2ccccc2)C1=O. The van der Waals surface area contributed by atoms with Gasteiger partial charge in [-0.3, -0.25) is 14.5 Å². The fourth-order valence-electron chi connectivity index (χ4n) is 2.14. The van der Waals surface area contributed by atoms with Crippen LogP contribution in [0.4, 0.5) is 0 Å². The highest BCUT2D eigenvalue weighted by Crippen LogP contribution is 2.23. The van der Waals surface area contributed by atoms with Crippen molar-refractivity contribution in [2.24, 2.45) is 5.92 Å². The number of nitrogens with zero attached hydrogens (tertiary/aromatic N) is 1. The Bertz CT molecular complexity index is 400. The molecule has 1 heterocycles. The van der Waals surface area contributed by atoms with Crippen molar-refractivity contribution in [3.8, 4) is 0 Å². The van der Waals surface area contributed by atoms with E-state index in [1.54, 1.807) is 0 Å². The van der Waals surface area contributed by atoms with Crippen LogP contribution in [0.2, 0.25) is 0 Å². The van der Waals surface area contributed by atoms with E-state index in [0.717, 1.165) is 5.56 Å². The minimum atomic E-state index is -0.158. The summed E-state index contributed by atoms with van der Waals surface area (Å²) in [5.74, 6) is -0.209. The summed E-state index contributed by atoms with van der Waals surface area (Å²) >= 11 is 0. The van der Waals surface area contributed by atoms with E-state index in [1.807, 2.05) is 37.3 Å². The van der Waals surface area contributed by atoms with Crippen molar-refractivity contribution in [2.75, 3.05) is 6.54 Å². The number of amides is 2. The molecule has 0 aliphatic carbocycles. The molecule has 0 radical (unpaired) electrons. The van der Waals surface area contributed by atoms with Crippen molar-refractivity contribution in [3.05, 3.63) is 35.9 Å². The molecule has 2 amide bonds. The Labute approximate surface area is 95.1 Å². The van der Waals surface area contributed by atoms with Gasteiger partial charge < -0.3 is 0 Å². The van der Waals surface area contributed by atoms with Crippen LogP contribution in [-0.4, -0.2) is 23.3 Å². The van der Waals surface area contributed by atoms with Gasteiger partial charge in [0.05, 0.1) is 5.92 Å². The highest BCUT2D eigenvalue weighted by atomic mass is 16.2. The Morgan fingerprint density at radius 3 is 2.50 bits per heavy atom. The van der Waals surface area contributed by atoms with Gasteiger partial charge in [0.15, 0.2) is 0 Å². The van der Waals surface area contributed by atoms with Gasteiger partial charge in [0.1, 0.15) is 0 Å². The fraction of sp³-hybridized carbons (Fsp3) is 0.385. The van der Waals surface area contributed by atoms with E-state index in [-0.39, 0.29) is 17.7 Å². The number of rotatable bonds is 3. The molecule has 2 rings (SSSR count). The van der Waals surface area contributed by atoms with Crippen molar-refractivity contribution in [1.82, 2.24) is 4.90 Å². The van der Waals surface area contributed by atoms with Crippen LogP contribution < -0.4 is 0 Å². The van der Waals surface area contributed by atoms with E-state index in [9.17, 15) is 9.59 Å². The Kier molecular flexibility index (Phi) is 3.04. The predicted octanol–water partition coefficient (Wildman–Crippen LogP) is 1.62. The minimum Gasteiger partial charge on any atom is -0.283 e. The first kappa shape index (κ1) is 10.9. The monoisotopic (exact) mass is 217 g/mol. The standard InChI is InChI=1S/C13H15NO2/c1-2-14-12(15)9-11(13(14)16)8-10-6-4-3-5-7-10/h3-7,11H,2,8-9H2,1H3. The molecular formula is C13H15NO2. The van der Waals surface area contributed by atoms with Crippen molar-refractivity contribution in [3.63, 3.8) is 0 Å². The number of carbonyl (C=O) groups excluding carboxylic acids is 2. The molecule has 84 valence electrons. The normalized spacial score (nSPS) is 20.6. The van der Waals surface area contributed by atoms with Crippen molar-refractivity contribution in [1.29, 1.82) is 0 Å². The molecule has 0 spiro atoms. The molecule has 1 saturated heterocycles. The van der Waals surface area contributed by atoms with Crippen LogP contribution in [0.15, 0.2) is 30.3 Å². The molecule has 1 aromatic rings. The lowest BCUT2D eigenvalue weighted by atomic mass is 9.98. The maximum absolute atomic E-state index is 11.9. The molecule has 1 aromatic carbocycles. The van der Waals surface area contributed by atoms with Crippen LogP contribution in [0.3, 0.4) is 0 Å². The third-order valence-corrected chi connectivity index (χ3v) is 2.98. The summed E-state index contributed by atoms with van der Waals surface area (Å²) in [6.45, 7) is 2.32. The van der Waals surface area contributed by atoms with Crippen molar-refractivity contribution >= 4 is 11.8 Å².